The number of ether oxygens (including phenoxy) is 2. The van der Waals surface area contributed by atoms with Crippen molar-refractivity contribution in [2.24, 2.45) is 0 Å². The first-order valence-corrected chi connectivity index (χ1v) is 14.3. The molecule has 10 heteroatoms. The van der Waals surface area contributed by atoms with Gasteiger partial charge in [0.15, 0.2) is 5.75 Å². The minimum Gasteiger partial charge on any atom is -0.492 e. The Kier molecular flexibility index (Phi) is 9.48. The Balaban J connectivity index is 1.62. The lowest BCUT2D eigenvalue weighted by molar-refractivity contribution is -0.117. The van der Waals surface area contributed by atoms with Gasteiger partial charge in [-0.15, -0.1) is 0 Å². The lowest BCUT2D eigenvalue weighted by atomic mass is 10.1. The summed E-state index contributed by atoms with van der Waals surface area (Å²) in [6.07, 6.45) is 0.0894. The molecule has 0 aromatic heterocycles. The fraction of sp³-hybridized carbons (Fsp3) is 0.138. The molecule has 0 aliphatic carbocycles. The van der Waals surface area contributed by atoms with Crippen LogP contribution >= 0.6 is 23.2 Å². The Morgan fingerprint density at radius 3 is 2.21 bits per heavy atom. The van der Waals surface area contributed by atoms with Crippen LogP contribution in [-0.2, 0) is 21.2 Å². The van der Waals surface area contributed by atoms with Gasteiger partial charge in [-0.25, -0.2) is 8.42 Å². The van der Waals surface area contributed by atoms with Crippen LogP contribution in [0.25, 0.3) is 0 Å². The van der Waals surface area contributed by atoms with E-state index in [1.807, 2.05) is 48.5 Å². The van der Waals surface area contributed by atoms with Crippen molar-refractivity contribution >= 4 is 44.8 Å². The number of sulfonamides is 1. The van der Waals surface area contributed by atoms with Gasteiger partial charge < -0.3 is 14.8 Å². The number of benzene rings is 4. The average Bonchev–Trinajstić information content (AvgIpc) is 2.92. The molecule has 4 rings (SSSR count). The summed E-state index contributed by atoms with van der Waals surface area (Å²) in [6.45, 7) is 2.18. The van der Waals surface area contributed by atoms with E-state index in [0.717, 1.165) is 5.56 Å². The number of carbonyl (C=O) groups excluding carboxylic acids is 1. The van der Waals surface area contributed by atoms with Crippen LogP contribution in [-0.4, -0.2) is 27.0 Å². The third-order valence-corrected chi connectivity index (χ3v) is 7.58. The maximum absolute atomic E-state index is 13.6. The van der Waals surface area contributed by atoms with Crippen LogP contribution in [0, 0.1) is 0 Å². The Bertz CT molecular complexity index is 1530. The van der Waals surface area contributed by atoms with Crippen molar-refractivity contribution in [1.29, 1.82) is 0 Å². The van der Waals surface area contributed by atoms with Gasteiger partial charge in [0, 0.05) is 5.02 Å². The topological polar surface area (TPSA) is 93.7 Å². The van der Waals surface area contributed by atoms with Crippen molar-refractivity contribution in [2.75, 3.05) is 11.9 Å². The summed E-state index contributed by atoms with van der Waals surface area (Å²) in [5, 5.41) is 3.30. The molecular formula is C29H26Cl2N2O5S. The van der Waals surface area contributed by atoms with Gasteiger partial charge in [0.25, 0.3) is 0 Å². The van der Waals surface area contributed by atoms with Gasteiger partial charge in [-0.3, -0.25) is 4.79 Å². The zero-order chi connectivity index (χ0) is 27.8. The molecule has 202 valence electrons. The second-order valence-electron chi connectivity index (χ2n) is 8.43. The first-order chi connectivity index (χ1) is 18.7. The summed E-state index contributed by atoms with van der Waals surface area (Å²) >= 11 is 12.4. The molecule has 4 aromatic rings. The molecule has 0 heterocycles. The van der Waals surface area contributed by atoms with E-state index in [9.17, 15) is 13.2 Å². The van der Waals surface area contributed by atoms with Gasteiger partial charge in [-0.2, -0.15) is 4.72 Å². The summed E-state index contributed by atoms with van der Waals surface area (Å²) in [4.78, 5) is 13.5. The molecule has 1 unspecified atom stereocenters. The molecule has 0 saturated carbocycles. The second-order valence-corrected chi connectivity index (χ2v) is 11.0. The third-order valence-electron chi connectivity index (χ3n) is 5.58. The number of nitrogens with one attached hydrogen (secondary N) is 2. The normalized spacial score (nSPS) is 12.0. The minimum atomic E-state index is -4.15. The summed E-state index contributed by atoms with van der Waals surface area (Å²) in [5.41, 5.74) is 1.05. The van der Waals surface area contributed by atoms with Gasteiger partial charge in [-0.1, -0.05) is 71.7 Å². The average molecular weight is 586 g/mol. The fourth-order valence-corrected chi connectivity index (χ4v) is 5.43. The van der Waals surface area contributed by atoms with Crippen LogP contribution in [0.1, 0.15) is 12.5 Å². The predicted octanol–water partition coefficient (Wildman–Crippen LogP) is 6.71. The summed E-state index contributed by atoms with van der Waals surface area (Å²) < 4.78 is 40.5. The highest BCUT2D eigenvalue weighted by molar-refractivity contribution is 7.89. The maximum Gasteiger partial charge on any atom is 0.243 e. The minimum absolute atomic E-state index is 0.0894. The number of anilines is 1. The van der Waals surface area contributed by atoms with Crippen LogP contribution in [0.15, 0.2) is 102 Å². The predicted molar refractivity (Wildman–Crippen MR) is 153 cm³/mol. The highest BCUT2D eigenvalue weighted by Gasteiger charge is 2.27. The van der Waals surface area contributed by atoms with Crippen molar-refractivity contribution in [3.63, 3.8) is 0 Å². The second kappa shape index (κ2) is 13.0. The van der Waals surface area contributed by atoms with Gasteiger partial charge in [0.05, 0.1) is 22.2 Å². The van der Waals surface area contributed by atoms with E-state index in [0.29, 0.717) is 28.9 Å². The molecule has 0 spiro atoms. The van der Waals surface area contributed by atoms with Gasteiger partial charge in [0.2, 0.25) is 15.9 Å². The number of hydrogen-bond acceptors (Lipinski definition) is 5. The number of hydrogen-bond donors (Lipinski definition) is 2. The highest BCUT2D eigenvalue weighted by Crippen LogP contribution is 2.32. The molecule has 0 radical (unpaired) electrons. The number of rotatable bonds is 11. The van der Waals surface area contributed by atoms with Crippen molar-refractivity contribution in [1.82, 2.24) is 4.72 Å². The monoisotopic (exact) mass is 584 g/mol. The molecule has 0 aliphatic heterocycles. The first-order valence-electron chi connectivity index (χ1n) is 12.1. The van der Waals surface area contributed by atoms with Crippen LogP contribution in [0.3, 0.4) is 0 Å². The molecule has 0 aliphatic rings. The number of para-hydroxylation sites is 1. The van der Waals surface area contributed by atoms with Crippen molar-refractivity contribution < 1.29 is 22.7 Å². The Morgan fingerprint density at radius 1 is 0.872 bits per heavy atom. The maximum atomic E-state index is 13.6. The first kappa shape index (κ1) is 28.4. The third kappa shape index (κ3) is 7.74. The lowest BCUT2D eigenvalue weighted by Crippen LogP contribution is -2.45. The quantitative estimate of drug-likeness (QED) is 0.204. The van der Waals surface area contributed by atoms with Gasteiger partial charge in [0.1, 0.15) is 17.5 Å². The van der Waals surface area contributed by atoms with Crippen molar-refractivity contribution in [3.8, 4) is 17.2 Å². The van der Waals surface area contributed by atoms with E-state index in [2.05, 4.69) is 10.0 Å². The molecule has 2 N–H and O–H groups in total. The Labute approximate surface area is 237 Å². The van der Waals surface area contributed by atoms with Crippen LogP contribution in [0.5, 0.6) is 17.2 Å². The lowest BCUT2D eigenvalue weighted by Gasteiger charge is -2.20. The molecule has 0 saturated heterocycles. The Hall–Kier alpha value is -3.56. The van der Waals surface area contributed by atoms with Crippen LogP contribution in [0.2, 0.25) is 10.0 Å². The van der Waals surface area contributed by atoms with E-state index < -0.39 is 22.0 Å². The van der Waals surface area contributed by atoms with E-state index in [4.69, 9.17) is 32.7 Å². The molecule has 39 heavy (non-hydrogen) atoms. The standard InChI is InChI=1S/C29H26Cl2N2O5S/c1-2-37-27-16-14-23(19-24(27)31)39(35,36)33-26(17-20-9-5-3-6-10-20)29(34)32-25-18-21(30)13-15-28(25)38-22-11-7-4-8-12-22/h3-16,18-19,26,33H,2,17H2,1H3,(H,32,34). The molecule has 0 bridgehead atoms. The SMILES string of the molecule is CCOc1ccc(S(=O)(=O)NC(Cc2ccccc2)C(=O)Nc2cc(Cl)ccc2Oc2ccccc2)cc1Cl. The zero-order valence-electron chi connectivity index (χ0n) is 20.9. The van der Waals surface area contributed by atoms with E-state index in [-0.39, 0.29) is 22.0 Å². The molecular weight excluding hydrogens is 559 g/mol. The van der Waals surface area contributed by atoms with Gasteiger partial charge >= 0.3 is 0 Å². The smallest absolute Gasteiger partial charge is 0.243 e. The number of carbonyl (C=O) groups is 1. The molecule has 4 aromatic carbocycles. The fourth-order valence-electron chi connectivity index (χ4n) is 3.74. The highest BCUT2D eigenvalue weighted by atomic mass is 35.5. The molecule has 7 nitrogen and oxygen atoms in total. The summed E-state index contributed by atoms with van der Waals surface area (Å²) in [7, 11) is -4.15. The molecule has 1 atom stereocenters. The molecule has 1 amide bonds. The van der Waals surface area contributed by atoms with E-state index >= 15 is 0 Å². The largest absolute Gasteiger partial charge is 0.492 e. The Morgan fingerprint density at radius 2 is 1.54 bits per heavy atom. The van der Waals surface area contributed by atoms with Crippen LogP contribution in [0.4, 0.5) is 5.69 Å². The summed E-state index contributed by atoms with van der Waals surface area (Å²) in [5.74, 6) is 0.672. The number of amides is 1. The van der Waals surface area contributed by atoms with E-state index in [1.165, 1.54) is 24.3 Å². The van der Waals surface area contributed by atoms with Crippen LogP contribution < -0.4 is 19.5 Å². The molecule has 0 fully saturated rings. The number of halogens is 2. The van der Waals surface area contributed by atoms with Crippen molar-refractivity contribution in [3.05, 3.63) is 113 Å². The summed E-state index contributed by atoms with van der Waals surface area (Å²) in [6, 6.07) is 25.9. The van der Waals surface area contributed by atoms with E-state index in [1.54, 1.807) is 31.2 Å². The van der Waals surface area contributed by atoms with Gasteiger partial charge in [-0.05, 0) is 67.4 Å². The van der Waals surface area contributed by atoms with Crippen molar-refractivity contribution in [2.45, 2.75) is 24.3 Å². The zero-order valence-corrected chi connectivity index (χ0v) is 23.3.